The molecule has 2 N–H and O–H groups in total. The van der Waals surface area contributed by atoms with Crippen molar-refractivity contribution in [2.24, 2.45) is 23.2 Å². The second-order valence-corrected chi connectivity index (χ2v) is 28.9. The molecule has 0 amide bonds. The molecule has 0 saturated heterocycles. The lowest BCUT2D eigenvalue weighted by Gasteiger charge is -2.46. The zero-order valence-corrected chi connectivity index (χ0v) is 34.6. The number of allylic oxidation sites excluding steroid dienone is 3. The fraction of sp³-hybridized carbons (Fsp3) is 0.850. The molecule has 3 unspecified atom stereocenters. The summed E-state index contributed by atoms with van der Waals surface area (Å²) in [4.78, 5) is 0. The Labute approximate surface area is 287 Å². The van der Waals surface area contributed by atoms with Crippen molar-refractivity contribution in [2.45, 2.75) is 188 Å². The van der Waals surface area contributed by atoms with Crippen molar-refractivity contribution in [1.29, 1.82) is 0 Å². The van der Waals surface area contributed by atoms with Crippen molar-refractivity contribution < 1.29 is 19.1 Å². The van der Waals surface area contributed by atoms with Gasteiger partial charge in [-0.05, 0) is 130 Å². The summed E-state index contributed by atoms with van der Waals surface area (Å²) < 4.78 is 14.3. The summed E-state index contributed by atoms with van der Waals surface area (Å²) in [6, 6.07) is 0. The number of hydrogen-bond donors (Lipinski definition) is 2. The predicted octanol–water partition coefficient (Wildman–Crippen LogP) is 11.1. The molecular weight excluding hydrogens is 601 g/mol. The minimum absolute atomic E-state index is 0.0186. The van der Waals surface area contributed by atoms with E-state index in [0.29, 0.717) is 17.3 Å². The molecule has 0 heterocycles. The monoisotopic (exact) mass is 675 g/mol. The van der Waals surface area contributed by atoms with Gasteiger partial charge >= 0.3 is 0 Å². The molecule has 266 valence electrons. The van der Waals surface area contributed by atoms with Crippen LogP contribution in [-0.2, 0) is 8.85 Å². The van der Waals surface area contributed by atoms with Crippen molar-refractivity contribution in [3.8, 4) is 0 Å². The minimum Gasteiger partial charge on any atom is -0.410 e. The van der Waals surface area contributed by atoms with Gasteiger partial charge in [-0.3, -0.25) is 0 Å². The van der Waals surface area contributed by atoms with Crippen LogP contribution in [0.5, 0.6) is 0 Å². The van der Waals surface area contributed by atoms with Crippen LogP contribution in [0.1, 0.15) is 133 Å². The predicted molar refractivity (Wildman–Crippen MR) is 202 cm³/mol. The van der Waals surface area contributed by atoms with Crippen molar-refractivity contribution in [2.75, 3.05) is 6.61 Å². The van der Waals surface area contributed by atoms with E-state index in [9.17, 15) is 10.2 Å². The first-order valence-corrected chi connectivity index (χ1v) is 24.5. The van der Waals surface area contributed by atoms with E-state index >= 15 is 0 Å². The lowest BCUT2D eigenvalue weighted by Crippen LogP contribution is -2.50. The van der Waals surface area contributed by atoms with Crippen LogP contribution in [0, 0.1) is 23.2 Å². The topological polar surface area (TPSA) is 58.9 Å². The van der Waals surface area contributed by atoms with Gasteiger partial charge in [0.1, 0.15) is 0 Å². The SMILES string of the molecule is C[C@@H](CCCC(C)(C)O)C1CCC2/C(=C/C=C3C[C@H](O[Si](C)(C)C(C)(C)C)C(=CCO)[C@H](O[Si](C)(C)C(C)(C)C)C3)CCCC21C. The summed E-state index contributed by atoms with van der Waals surface area (Å²) in [6.07, 6.45) is 18.3. The van der Waals surface area contributed by atoms with E-state index in [0.717, 1.165) is 37.2 Å². The minimum atomic E-state index is -2.06. The summed E-state index contributed by atoms with van der Waals surface area (Å²) in [5.41, 5.74) is 4.06. The van der Waals surface area contributed by atoms with Gasteiger partial charge in [0.05, 0.1) is 24.4 Å². The van der Waals surface area contributed by atoms with Gasteiger partial charge in [-0.1, -0.05) is 97.6 Å². The standard InChI is InChI=1S/C40H74O4Si2/c1-29(17-15-24-39(8,9)42)33-21-22-34-31(18-16-25-40(33,34)10)20-19-30-27-35(43-45(11,12)37(2,3)4)32(23-26-41)36(28-30)44-46(13,14)38(5,6)7/h19-20,23,29,33-36,41-42H,15-18,21-22,24-28H2,1-14H3/b30-19?,31-20+,32-23?/t29-,33?,34?,35-,36+,40?/m0/s1. The Hall–Kier alpha value is -0.506. The number of fused-ring (bicyclic) bond motifs is 1. The zero-order valence-electron chi connectivity index (χ0n) is 32.6. The highest BCUT2D eigenvalue weighted by Crippen LogP contribution is 2.60. The van der Waals surface area contributed by atoms with Crippen LogP contribution in [0.3, 0.4) is 0 Å². The van der Waals surface area contributed by atoms with E-state index < -0.39 is 22.2 Å². The lowest BCUT2D eigenvalue weighted by atomic mass is 9.60. The van der Waals surface area contributed by atoms with Gasteiger partial charge in [0, 0.05) is 0 Å². The highest BCUT2D eigenvalue weighted by atomic mass is 28.4. The van der Waals surface area contributed by atoms with Gasteiger partial charge in [0.2, 0.25) is 0 Å². The molecule has 6 heteroatoms. The van der Waals surface area contributed by atoms with Crippen molar-refractivity contribution in [3.63, 3.8) is 0 Å². The van der Waals surface area contributed by atoms with Crippen LogP contribution in [0.25, 0.3) is 0 Å². The second-order valence-electron chi connectivity index (χ2n) is 19.4. The van der Waals surface area contributed by atoms with Crippen LogP contribution in [0.15, 0.2) is 34.9 Å². The highest BCUT2D eigenvalue weighted by molar-refractivity contribution is 6.74. The third-order valence-corrected chi connectivity index (χ3v) is 22.1. The van der Waals surface area contributed by atoms with E-state index in [1.807, 2.05) is 19.9 Å². The summed E-state index contributed by atoms with van der Waals surface area (Å²) >= 11 is 0. The van der Waals surface area contributed by atoms with Crippen molar-refractivity contribution in [1.82, 2.24) is 0 Å². The van der Waals surface area contributed by atoms with Gasteiger partial charge in [0.25, 0.3) is 0 Å². The van der Waals surface area contributed by atoms with Gasteiger partial charge in [-0.15, -0.1) is 0 Å². The van der Waals surface area contributed by atoms with Gasteiger partial charge in [0.15, 0.2) is 16.6 Å². The molecule has 0 aromatic heterocycles. The third kappa shape index (κ3) is 9.59. The van der Waals surface area contributed by atoms with Crippen LogP contribution in [0.2, 0.25) is 36.3 Å². The maximum atomic E-state index is 10.3. The fourth-order valence-electron chi connectivity index (χ4n) is 8.29. The van der Waals surface area contributed by atoms with E-state index in [4.69, 9.17) is 8.85 Å². The maximum Gasteiger partial charge on any atom is 0.192 e. The zero-order chi connectivity index (χ0) is 34.9. The number of aliphatic hydroxyl groups excluding tert-OH is 1. The van der Waals surface area contributed by atoms with Crippen LogP contribution in [0.4, 0.5) is 0 Å². The first kappa shape index (κ1) is 39.9. The van der Waals surface area contributed by atoms with E-state index in [2.05, 4.69) is 93.7 Å². The van der Waals surface area contributed by atoms with Crippen molar-refractivity contribution in [3.05, 3.63) is 34.9 Å². The van der Waals surface area contributed by atoms with Crippen molar-refractivity contribution >= 4 is 16.6 Å². The Morgan fingerprint density at radius 2 is 1.43 bits per heavy atom. The summed E-state index contributed by atoms with van der Waals surface area (Å²) in [5, 5.41) is 20.6. The summed E-state index contributed by atoms with van der Waals surface area (Å²) in [6.45, 7) is 32.2. The molecule has 3 fully saturated rings. The Balaban J connectivity index is 1.92. The molecule has 3 rings (SSSR count). The molecular formula is C40H74O4Si2. The molecule has 0 aliphatic heterocycles. The Morgan fingerprint density at radius 1 is 0.891 bits per heavy atom. The molecule has 3 aliphatic carbocycles. The summed E-state index contributed by atoms with van der Waals surface area (Å²) in [7, 11) is -4.13. The Bertz CT molecular complexity index is 1070. The van der Waals surface area contributed by atoms with E-state index in [1.165, 1.54) is 44.1 Å². The smallest absolute Gasteiger partial charge is 0.192 e. The number of rotatable bonds is 11. The van der Waals surface area contributed by atoms with Gasteiger partial charge in [-0.2, -0.15) is 0 Å². The Kier molecular flexibility index (Phi) is 12.8. The normalized spacial score (nSPS) is 32.0. The van der Waals surface area contributed by atoms with E-state index in [-0.39, 0.29) is 28.9 Å². The molecule has 0 spiro atoms. The lowest BCUT2D eigenvalue weighted by molar-refractivity contribution is 0.0596. The van der Waals surface area contributed by atoms with Crippen LogP contribution >= 0.6 is 0 Å². The molecule has 46 heavy (non-hydrogen) atoms. The molecule has 3 aliphatic rings. The summed E-state index contributed by atoms with van der Waals surface area (Å²) in [5.74, 6) is 2.14. The van der Waals surface area contributed by atoms with Crippen LogP contribution < -0.4 is 0 Å². The maximum absolute atomic E-state index is 10.3. The van der Waals surface area contributed by atoms with Gasteiger partial charge in [-0.25, -0.2) is 0 Å². The first-order chi connectivity index (χ1) is 20.9. The molecule has 0 aromatic carbocycles. The molecule has 6 atom stereocenters. The fourth-order valence-corrected chi connectivity index (χ4v) is 10.9. The van der Waals surface area contributed by atoms with Gasteiger partial charge < -0.3 is 19.1 Å². The average Bonchev–Trinajstić information content (AvgIpc) is 3.24. The third-order valence-electron chi connectivity index (χ3n) is 13.2. The number of hydrogen-bond acceptors (Lipinski definition) is 4. The van der Waals surface area contributed by atoms with E-state index in [1.54, 1.807) is 5.57 Å². The second kappa shape index (κ2) is 14.8. The molecule has 0 bridgehead atoms. The molecule has 3 saturated carbocycles. The number of aliphatic hydroxyl groups is 2. The molecule has 0 radical (unpaired) electrons. The Morgan fingerprint density at radius 3 is 1.91 bits per heavy atom. The molecule has 0 aromatic rings. The van der Waals surface area contributed by atoms with Crippen LogP contribution in [-0.4, -0.2) is 51.3 Å². The average molecular weight is 675 g/mol. The first-order valence-electron chi connectivity index (χ1n) is 18.7. The molecule has 4 nitrogen and oxygen atoms in total. The highest BCUT2D eigenvalue weighted by Gasteiger charge is 2.51. The largest absolute Gasteiger partial charge is 0.410 e. The quantitative estimate of drug-likeness (QED) is 0.169.